The first-order valence-corrected chi connectivity index (χ1v) is 7.23. The second kappa shape index (κ2) is 6.69. The number of hydrogen-bond donors (Lipinski definition) is 1. The summed E-state index contributed by atoms with van der Waals surface area (Å²) in [7, 11) is 0. The normalized spacial score (nSPS) is 16.2. The van der Waals surface area contributed by atoms with Gasteiger partial charge in [0.25, 0.3) is 0 Å². The molecule has 2 aromatic rings. The fourth-order valence-corrected chi connectivity index (χ4v) is 2.46. The van der Waals surface area contributed by atoms with Crippen LogP contribution in [-0.4, -0.2) is 55.4 Å². The molecule has 0 bridgehead atoms. The predicted octanol–water partition coefficient (Wildman–Crippen LogP) is 0.819. The van der Waals surface area contributed by atoms with Gasteiger partial charge in [0.05, 0.1) is 19.6 Å². The van der Waals surface area contributed by atoms with E-state index in [1.807, 2.05) is 24.3 Å². The van der Waals surface area contributed by atoms with Crippen LogP contribution in [-0.2, 0) is 16.0 Å². The lowest BCUT2D eigenvalue weighted by Gasteiger charge is -2.26. The summed E-state index contributed by atoms with van der Waals surface area (Å²) >= 11 is 0. The van der Waals surface area contributed by atoms with Crippen LogP contribution in [0.1, 0.15) is 5.69 Å². The van der Waals surface area contributed by atoms with Gasteiger partial charge in [0, 0.05) is 31.6 Å². The Morgan fingerprint density at radius 3 is 2.95 bits per heavy atom. The number of aromatic nitrogens is 1. The lowest BCUT2D eigenvalue weighted by Crippen LogP contribution is -2.41. The van der Waals surface area contributed by atoms with E-state index in [1.54, 1.807) is 0 Å². The number of benzene rings is 1. The van der Waals surface area contributed by atoms with E-state index >= 15 is 0 Å². The molecule has 6 nitrogen and oxygen atoms in total. The molecule has 0 aliphatic carbocycles. The van der Waals surface area contributed by atoms with Crippen LogP contribution in [0.3, 0.4) is 0 Å². The van der Waals surface area contributed by atoms with Crippen molar-refractivity contribution in [2.45, 2.75) is 6.42 Å². The number of hydrogen-bond acceptors (Lipinski definition) is 5. The van der Waals surface area contributed by atoms with Crippen molar-refractivity contribution < 1.29 is 14.1 Å². The Balaban J connectivity index is 1.47. The SMILES string of the molecule is O=C(Cc1noc2ccccc12)NCCN1CCOCC1. The molecule has 0 spiro atoms. The van der Waals surface area contributed by atoms with Gasteiger partial charge in [-0.2, -0.15) is 0 Å². The molecule has 112 valence electrons. The maximum atomic E-state index is 12.0. The predicted molar refractivity (Wildman–Crippen MR) is 78.0 cm³/mol. The number of carbonyl (C=O) groups excluding carboxylic acids is 1. The lowest BCUT2D eigenvalue weighted by molar-refractivity contribution is -0.120. The molecule has 3 rings (SSSR count). The van der Waals surface area contributed by atoms with Gasteiger partial charge in [-0.25, -0.2) is 0 Å². The van der Waals surface area contributed by atoms with Crippen LogP contribution in [0, 0.1) is 0 Å². The summed E-state index contributed by atoms with van der Waals surface area (Å²) < 4.78 is 10.5. The zero-order chi connectivity index (χ0) is 14.5. The Hall–Kier alpha value is -1.92. The van der Waals surface area contributed by atoms with Crippen LogP contribution in [0.2, 0.25) is 0 Å². The minimum atomic E-state index is -0.0256. The van der Waals surface area contributed by atoms with Gasteiger partial charge in [-0.15, -0.1) is 0 Å². The van der Waals surface area contributed by atoms with Crippen LogP contribution in [0.25, 0.3) is 11.0 Å². The van der Waals surface area contributed by atoms with Gasteiger partial charge in [0.1, 0.15) is 5.69 Å². The van der Waals surface area contributed by atoms with Crippen LogP contribution in [0.5, 0.6) is 0 Å². The van der Waals surface area contributed by atoms with E-state index in [2.05, 4.69) is 15.4 Å². The van der Waals surface area contributed by atoms with Crippen molar-refractivity contribution in [3.8, 4) is 0 Å². The molecule has 1 aliphatic heterocycles. The largest absolute Gasteiger partial charge is 0.379 e. The van der Waals surface area contributed by atoms with Crippen molar-refractivity contribution in [2.75, 3.05) is 39.4 Å². The van der Waals surface area contributed by atoms with Crippen LogP contribution < -0.4 is 5.32 Å². The first-order valence-electron chi connectivity index (χ1n) is 7.23. The van der Waals surface area contributed by atoms with Crippen molar-refractivity contribution in [1.29, 1.82) is 0 Å². The molecule has 1 saturated heterocycles. The summed E-state index contributed by atoms with van der Waals surface area (Å²) in [4.78, 5) is 14.2. The summed E-state index contributed by atoms with van der Waals surface area (Å²) in [6, 6.07) is 7.57. The molecule has 0 unspecified atom stereocenters. The summed E-state index contributed by atoms with van der Waals surface area (Å²) in [5, 5.41) is 7.80. The van der Waals surface area contributed by atoms with Gasteiger partial charge in [-0.05, 0) is 12.1 Å². The van der Waals surface area contributed by atoms with Crippen molar-refractivity contribution in [2.24, 2.45) is 0 Å². The monoisotopic (exact) mass is 289 g/mol. The number of fused-ring (bicyclic) bond motifs is 1. The number of ether oxygens (including phenoxy) is 1. The second-order valence-electron chi connectivity index (χ2n) is 5.11. The summed E-state index contributed by atoms with van der Waals surface area (Å²) in [6.45, 7) is 4.93. The Morgan fingerprint density at radius 1 is 1.29 bits per heavy atom. The number of carbonyl (C=O) groups is 1. The molecular weight excluding hydrogens is 270 g/mol. The Kier molecular flexibility index (Phi) is 4.47. The molecule has 0 radical (unpaired) electrons. The summed E-state index contributed by atoms with van der Waals surface area (Å²) in [5.41, 5.74) is 1.41. The third-order valence-corrected chi connectivity index (χ3v) is 3.63. The Labute approximate surface area is 123 Å². The average Bonchev–Trinajstić information content (AvgIpc) is 2.92. The van der Waals surface area contributed by atoms with Crippen molar-refractivity contribution in [1.82, 2.24) is 15.4 Å². The minimum Gasteiger partial charge on any atom is -0.379 e. The highest BCUT2D eigenvalue weighted by Crippen LogP contribution is 2.17. The topological polar surface area (TPSA) is 67.6 Å². The van der Waals surface area contributed by atoms with Gasteiger partial charge in [0.2, 0.25) is 5.91 Å². The maximum absolute atomic E-state index is 12.0. The van der Waals surface area contributed by atoms with Crippen molar-refractivity contribution in [3.05, 3.63) is 30.0 Å². The Morgan fingerprint density at radius 2 is 2.10 bits per heavy atom. The molecular formula is C15H19N3O3. The molecule has 1 amide bonds. The number of amides is 1. The van der Waals surface area contributed by atoms with Crippen molar-refractivity contribution >= 4 is 16.9 Å². The number of para-hydroxylation sites is 1. The molecule has 0 atom stereocenters. The van der Waals surface area contributed by atoms with E-state index in [1.165, 1.54) is 0 Å². The van der Waals surface area contributed by atoms with E-state index in [-0.39, 0.29) is 12.3 Å². The van der Waals surface area contributed by atoms with E-state index in [4.69, 9.17) is 9.26 Å². The fourth-order valence-electron chi connectivity index (χ4n) is 2.46. The number of morpholine rings is 1. The van der Waals surface area contributed by atoms with E-state index in [0.29, 0.717) is 17.8 Å². The third kappa shape index (κ3) is 3.59. The van der Waals surface area contributed by atoms with Crippen LogP contribution in [0.15, 0.2) is 28.8 Å². The first kappa shape index (κ1) is 14.0. The van der Waals surface area contributed by atoms with Crippen LogP contribution in [0.4, 0.5) is 0 Å². The third-order valence-electron chi connectivity index (χ3n) is 3.63. The molecule has 6 heteroatoms. The zero-order valence-corrected chi connectivity index (χ0v) is 11.9. The quantitative estimate of drug-likeness (QED) is 0.882. The summed E-state index contributed by atoms with van der Waals surface area (Å²) in [5.74, 6) is -0.0256. The molecule has 1 aromatic heterocycles. The number of rotatable bonds is 5. The highest BCUT2D eigenvalue weighted by molar-refractivity contribution is 5.86. The highest BCUT2D eigenvalue weighted by atomic mass is 16.5. The molecule has 21 heavy (non-hydrogen) atoms. The molecule has 1 N–H and O–H groups in total. The molecule has 1 aliphatic rings. The Bertz CT molecular complexity index is 605. The highest BCUT2D eigenvalue weighted by Gasteiger charge is 2.13. The average molecular weight is 289 g/mol. The molecule has 0 saturated carbocycles. The van der Waals surface area contributed by atoms with Gasteiger partial charge in [0.15, 0.2) is 5.58 Å². The molecule has 1 fully saturated rings. The lowest BCUT2D eigenvalue weighted by atomic mass is 10.1. The molecule has 1 aromatic carbocycles. The zero-order valence-electron chi connectivity index (χ0n) is 11.9. The van der Waals surface area contributed by atoms with Gasteiger partial charge in [-0.3, -0.25) is 9.69 Å². The van der Waals surface area contributed by atoms with Gasteiger partial charge >= 0.3 is 0 Å². The number of nitrogens with zero attached hydrogens (tertiary/aromatic N) is 2. The van der Waals surface area contributed by atoms with E-state index < -0.39 is 0 Å². The fraction of sp³-hybridized carbons (Fsp3) is 0.467. The van der Waals surface area contributed by atoms with Gasteiger partial charge < -0.3 is 14.6 Å². The summed E-state index contributed by atoms with van der Waals surface area (Å²) in [6.07, 6.45) is 0.250. The maximum Gasteiger partial charge on any atom is 0.226 e. The van der Waals surface area contributed by atoms with E-state index in [9.17, 15) is 4.79 Å². The van der Waals surface area contributed by atoms with E-state index in [0.717, 1.165) is 38.2 Å². The second-order valence-corrected chi connectivity index (χ2v) is 5.11. The first-order chi connectivity index (χ1) is 10.3. The van der Waals surface area contributed by atoms with Gasteiger partial charge in [-0.1, -0.05) is 17.3 Å². The minimum absolute atomic E-state index is 0.0256. The molecule has 2 heterocycles. The number of nitrogens with one attached hydrogen (secondary N) is 1. The standard InChI is InChI=1S/C15H19N3O3/c19-15(16-5-6-18-7-9-20-10-8-18)11-13-12-3-1-2-4-14(12)21-17-13/h1-4H,5-11H2,(H,16,19). The smallest absolute Gasteiger partial charge is 0.226 e. The van der Waals surface area contributed by atoms with Crippen molar-refractivity contribution in [3.63, 3.8) is 0 Å². The van der Waals surface area contributed by atoms with Crippen LogP contribution >= 0.6 is 0 Å².